The summed E-state index contributed by atoms with van der Waals surface area (Å²) in [5.74, 6) is -3.01. The van der Waals surface area contributed by atoms with E-state index < -0.39 is 76.2 Å². The summed E-state index contributed by atoms with van der Waals surface area (Å²) >= 11 is 0. The van der Waals surface area contributed by atoms with Crippen molar-refractivity contribution in [3.63, 3.8) is 0 Å². The first-order valence-electron chi connectivity index (χ1n) is 12.0. The molecule has 2 aromatic rings. The minimum atomic E-state index is -1.49. The molecule has 5 rings (SSSR count). The lowest BCUT2D eigenvalue weighted by molar-refractivity contribution is -0.268. The smallest absolute Gasteiger partial charge is 0.202 e. The summed E-state index contributed by atoms with van der Waals surface area (Å²) in [6, 6.07) is 3.38. The lowest BCUT2D eigenvalue weighted by Crippen LogP contribution is -2.53. The van der Waals surface area contributed by atoms with Crippen LogP contribution in [-0.2, 0) is 15.9 Å². The SMILES string of the molecule is CC[C@@]1(O)CCc2c(O)c3c(c(O)c2[C@H]1O[C@H]1C[C@H](N)[C@H](O)[C@H](C)O1)C(=O)c1cccc(O)c1C3=O. The number of phenolic OH excluding ortho intramolecular Hbond substituents is 3. The molecule has 0 unspecified atom stereocenters. The Morgan fingerprint density at radius 3 is 2.47 bits per heavy atom. The highest BCUT2D eigenvalue weighted by Crippen LogP contribution is 2.53. The van der Waals surface area contributed by atoms with Gasteiger partial charge in [-0.05, 0) is 32.3 Å². The predicted molar refractivity (Wildman–Crippen MR) is 125 cm³/mol. The lowest BCUT2D eigenvalue weighted by Gasteiger charge is -2.45. The Morgan fingerprint density at radius 1 is 1.11 bits per heavy atom. The molecule has 0 amide bonds. The van der Waals surface area contributed by atoms with Crippen LogP contribution in [0.25, 0.3) is 0 Å². The number of ketones is 2. The van der Waals surface area contributed by atoms with Crippen molar-refractivity contribution >= 4 is 11.6 Å². The van der Waals surface area contributed by atoms with E-state index in [9.17, 15) is 35.1 Å². The van der Waals surface area contributed by atoms with Gasteiger partial charge in [-0.15, -0.1) is 0 Å². The van der Waals surface area contributed by atoms with Crippen LogP contribution in [0.3, 0.4) is 0 Å². The minimum Gasteiger partial charge on any atom is -0.507 e. The molecule has 2 aromatic carbocycles. The van der Waals surface area contributed by atoms with Crippen LogP contribution in [0.1, 0.15) is 82.2 Å². The Balaban J connectivity index is 1.67. The van der Waals surface area contributed by atoms with Gasteiger partial charge in [0.05, 0.1) is 34.5 Å². The van der Waals surface area contributed by atoms with E-state index in [1.54, 1.807) is 13.8 Å². The molecule has 192 valence electrons. The van der Waals surface area contributed by atoms with Crippen LogP contribution in [0.2, 0.25) is 0 Å². The van der Waals surface area contributed by atoms with E-state index in [0.717, 1.165) is 0 Å². The molecule has 1 fully saturated rings. The Morgan fingerprint density at radius 2 is 1.81 bits per heavy atom. The van der Waals surface area contributed by atoms with E-state index in [-0.39, 0.29) is 47.9 Å². The molecule has 10 nitrogen and oxygen atoms in total. The van der Waals surface area contributed by atoms with E-state index >= 15 is 0 Å². The van der Waals surface area contributed by atoms with Gasteiger partial charge in [0.15, 0.2) is 12.1 Å². The molecule has 1 heterocycles. The van der Waals surface area contributed by atoms with Crippen LogP contribution < -0.4 is 5.73 Å². The summed E-state index contributed by atoms with van der Waals surface area (Å²) in [5, 5.41) is 54.5. The third-order valence-corrected chi connectivity index (χ3v) is 7.77. The van der Waals surface area contributed by atoms with E-state index in [1.807, 2.05) is 0 Å². The number of nitrogens with two attached hydrogens (primary N) is 1. The minimum absolute atomic E-state index is 0.00236. The first kappa shape index (κ1) is 24.7. The van der Waals surface area contributed by atoms with Crippen LogP contribution in [0.15, 0.2) is 18.2 Å². The fourth-order valence-corrected chi connectivity index (χ4v) is 5.62. The molecule has 0 saturated carbocycles. The molecule has 0 aromatic heterocycles. The average molecular weight is 500 g/mol. The normalized spacial score (nSPS) is 31.5. The van der Waals surface area contributed by atoms with Crippen molar-refractivity contribution in [3.05, 3.63) is 51.6 Å². The van der Waals surface area contributed by atoms with Gasteiger partial charge in [0.1, 0.15) is 23.4 Å². The lowest BCUT2D eigenvalue weighted by atomic mass is 9.72. The quantitative estimate of drug-likeness (QED) is 0.289. The molecule has 6 atom stereocenters. The van der Waals surface area contributed by atoms with Gasteiger partial charge in [0.25, 0.3) is 0 Å². The van der Waals surface area contributed by atoms with Crippen LogP contribution in [0, 0.1) is 0 Å². The van der Waals surface area contributed by atoms with Crippen molar-refractivity contribution in [1.82, 2.24) is 0 Å². The van der Waals surface area contributed by atoms with Crippen molar-refractivity contribution in [2.45, 2.75) is 75.8 Å². The number of aliphatic hydroxyl groups is 2. The Kier molecular flexibility index (Phi) is 5.85. The maximum absolute atomic E-state index is 13.4. The third kappa shape index (κ3) is 3.44. The molecule has 2 aliphatic carbocycles. The highest BCUT2D eigenvalue weighted by Gasteiger charge is 2.49. The largest absolute Gasteiger partial charge is 0.507 e. The third-order valence-electron chi connectivity index (χ3n) is 7.77. The van der Waals surface area contributed by atoms with Gasteiger partial charge in [0.2, 0.25) is 5.78 Å². The van der Waals surface area contributed by atoms with E-state index in [1.165, 1.54) is 18.2 Å². The Bertz CT molecular complexity index is 1260. The first-order valence-corrected chi connectivity index (χ1v) is 12.0. The number of aliphatic hydroxyl groups excluding tert-OH is 1. The van der Waals surface area contributed by atoms with Gasteiger partial charge in [-0.3, -0.25) is 9.59 Å². The summed E-state index contributed by atoms with van der Waals surface area (Å²) in [6.45, 7) is 3.38. The number of benzene rings is 2. The van der Waals surface area contributed by atoms with Crippen molar-refractivity contribution in [2.75, 3.05) is 0 Å². The maximum atomic E-state index is 13.4. The number of ether oxygens (including phenoxy) is 2. The van der Waals surface area contributed by atoms with Crippen LogP contribution >= 0.6 is 0 Å². The average Bonchev–Trinajstić information content (AvgIpc) is 2.84. The van der Waals surface area contributed by atoms with Crippen LogP contribution in [0.4, 0.5) is 0 Å². The number of phenols is 3. The van der Waals surface area contributed by atoms with Gasteiger partial charge < -0.3 is 40.7 Å². The summed E-state index contributed by atoms with van der Waals surface area (Å²) in [5.41, 5.74) is 3.57. The molecular formula is C26H29NO9. The zero-order valence-corrected chi connectivity index (χ0v) is 19.9. The summed E-state index contributed by atoms with van der Waals surface area (Å²) in [6.07, 6.45) is -3.16. The number of hydrogen-bond acceptors (Lipinski definition) is 10. The molecule has 1 saturated heterocycles. The van der Waals surface area contributed by atoms with Gasteiger partial charge >= 0.3 is 0 Å². The van der Waals surface area contributed by atoms with Crippen molar-refractivity contribution in [1.29, 1.82) is 0 Å². The summed E-state index contributed by atoms with van der Waals surface area (Å²) < 4.78 is 11.9. The van der Waals surface area contributed by atoms with Crippen molar-refractivity contribution < 1.29 is 44.6 Å². The van der Waals surface area contributed by atoms with Crippen LogP contribution in [-0.4, -0.2) is 67.2 Å². The topological polar surface area (TPSA) is 180 Å². The second-order valence-corrected chi connectivity index (χ2v) is 9.83. The summed E-state index contributed by atoms with van der Waals surface area (Å²) in [7, 11) is 0. The first-order chi connectivity index (χ1) is 17.0. The molecular weight excluding hydrogens is 470 g/mol. The number of carbonyl (C=O) groups is 2. The Hall–Kier alpha value is -3.02. The Labute approximate surface area is 206 Å². The maximum Gasteiger partial charge on any atom is 0.202 e. The second kappa shape index (κ2) is 8.53. The molecule has 7 N–H and O–H groups in total. The number of carbonyl (C=O) groups excluding carboxylic acids is 2. The van der Waals surface area contributed by atoms with Gasteiger partial charge in [0, 0.05) is 29.2 Å². The predicted octanol–water partition coefficient (Wildman–Crippen LogP) is 1.55. The number of fused-ring (bicyclic) bond motifs is 3. The molecule has 0 spiro atoms. The second-order valence-electron chi connectivity index (χ2n) is 9.83. The zero-order chi connectivity index (χ0) is 26.1. The highest BCUT2D eigenvalue weighted by atomic mass is 16.7. The molecule has 1 aliphatic heterocycles. The fourth-order valence-electron chi connectivity index (χ4n) is 5.62. The van der Waals surface area contributed by atoms with Crippen molar-refractivity contribution in [3.8, 4) is 17.2 Å². The van der Waals surface area contributed by atoms with E-state index in [0.29, 0.717) is 0 Å². The monoisotopic (exact) mass is 499 g/mol. The van der Waals surface area contributed by atoms with Gasteiger partial charge in [-0.2, -0.15) is 0 Å². The fraction of sp³-hybridized carbons (Fsp3) is 0.462. The number of hydrogen-bond donors (Lipinski definition) is 6. The van der Waals surface area contributed by atoms with E-state index in [2.05, 4.69) is 0 Å². The highest BCUT2D eigenvalue weighted by molar-refractivity contribution is 6.31. The zero-order valence-electron chi connectivity index (χ0n) is 19.9. The van der Waals surface area contributed by atoms with Gasteiger partial charge in [-0.25, -0.2) is 0 Å². The number of aromatic hydroxyl groups is 3. The molecule has 3 aliphatic rings. The molecule has 0 bridgehead atoms. The van der Waals surface area contributed by atoms with Crippen molar-refractivity contribution in [2.24, 2.45) is 5.73 Å². The standard InChI is InChI=1S/C26H29NO9/c1-3-26(34)8-7-12-17(25(26)36-15-9-13(27)20(29)10(2)35-15)24(33)19-18(22(12)31)23(32)16-11(21(19)30)5-4-6-14(16)28/h4-6,10,13,15,20,25,28-29,31,33-34H,3,7-9,27H2,1-2H3/t10-,13-,15-,20+,25+,26+/m0/s1. The number of rotatable bonds is 3. The molecule has 10 heteroatoms. The van der Waals surface area contributed by atoms with Crippen LogP contribution in [0.5, 0.6) is 17.2 Å². The van der Waals surface area contributed by atoms with E-state index in [4.69, 9.17) is 15.2 Å². The molecule has 0 radical (unpaired) electrons. The molecule has 36 heavy (non-hydrogen) atoms. The van der Waals surface area contributed by atoms with Gasteiger partial charge in [-0.1, -0.05) is 19.1 Å². The summed E-state index contributed by atoms with van der Waals surface area (Å²) in [4.78, 5) is 26.7.